The van der Waals surface area contributed by atoms with Gasteiger partial charge in [-0.3, -0.25) is 4.72 Å². The van der Waals surface area contributed by atoms with Gasteiger partial charge in [0.2, 0.25) is 0 Å². The van der Waals surface area contributed by atoms with Crippen molar-refractivity contribution in [2.24, 2.45) is 0 Å². The highest BCUT2D eigenvalue weighted by Gasteiger charge is 2.13. The van der Waals surface area contributed by atoms with Gasteiger partial charge >= 0.3 is 0 Å². The third-order valence-corrected chi connectivity index (χ3v) is 4.79. The Morgan fingerprint density at radius 1 is 0.833 bits per heavy atom. The van der Waals surface area contributed by atoms with E-state index in [-0.39, 0.29) is 4.90 Å². The Morgan fingerprint density at radius 2 is 1.50 bits per heavy atom. The first-order valence-corrected chi connectivity index (χ1v) is 8.89. The monoisotopic (exact) mass is 339 g/mol. The fourth-order valence-electron chi connectivity index (χ4n) is 2.13. The molecule has 3 aromatic rings. The summed E-state index contributed by atoms with van der Waals surface area (Å²) in [6.07, 6.45) is 1.48. The number of rotatable bonds is 5. The minimum absolute atomic E-state index is 0.215. The van der Waals surface area contributed by atoms with Gasteiger partial charge in [0.05, 0.1) is 16.8 Å². The molecule has 0 amide bonds. The van der Waals surface area contributed by atoms with Gasteiger partial charge in [-0.15, -0.1) is 0 Å². The maximum absolute atomic E-state index is 12.3. The Kier molecular flexibility index (Phi) is 4.48. The van der Waals surface area contributed by atoms with Crippen molar-refractivity contribution in [3.63, 3.8) is 0 Å². The van der Waals surface area contributed by atoms with Crippen LogP contribution >= 0.6 is 0 Å². The first kappa shape index (κ1) is 16.0. The van der Waals surface area contributed by atoms with E-state index in [9.17, 15) is 8.42 Å². The Morgan fingerprint density at radius 3 is 2.12 bits per heavy atom. The molecule has 0 aliphatic rings. The molecule has 6 heteroatoms. The van der Waals surface area contributed by atoms with E-state index in [1.165, 1.54) is 11.8 Å². The second-order valence-corrected chi connectivity index (χ2v) is 7.02. The van der Waals surface area contributed by atoms with E-state index in [1.54, 1.807) is 42.5 Å². The van der Waals surface area contributed by atoms with Gasteiger partial charge in [0.25, 0.3) is 10.0 Å². The average Bonchev–Trinajstić information content (AvgIpc) is 2.59. The number of pyridine rings is 1. The van der Waals surface area contributed by atoms with Gasteiger partial charge in [-0.05, 0) is 43.3 Å². The summed E-state index contributed by atoms with van der Waals surface area (Å²) in [5, 5.41) is 3.16. The van der Waals surface area contributed by atoms with Crippen LogP contribution in [0.5, 0.6) is 0 Å². The predicted molar refractivity (Wildman–Crippen MR) is 95.9 cm³/mol. The molecule has 122 valence electrons. The quantitative estimate of drug-likeness (QED) is 0.739. The van der Waals surface area contributed by atoms with Gasteiger partial charge in [0.1, 0.15) is 5.82 Å². The zero-order valence-corrected chi connectivity index (χ0v) is 13.9. The van der Waals surface area contributed by atoms with Gasteiger partial charge < -0.3 is 5.32 Å². The lowest BCUT2D eigenvalue weighted by Gasteiger charge is -2.09. The minimum atomic E-state index is -3.60. The van der Waals surface area contributed by atoms with Gasteiger partial charge in [-0.25, -0.2) is 13.4 Å². The molecule has 0 aliphatic carbocycles. The van der Waals surface area contributed by atoms with E-state index < -0.39 is 10.0 Å². The number of sulfonamides is 1. The van der Waals surface area contributed by atoms with Crippen LogP contribution in [0, 0.1) is 6.92 Å². The van der Waals surface area contributed by atoms with Gasteiger partial charge in [0, 0.05) is 5.69 Å². The van der Waals surface area contributed by atoms with Crippen LogP contribution in [0.2, 0.25) is 0 Å². The minimum Gasteiger partial charge on any atom is -0.340 e. The van der Waals surface area contributed by atoms with Crippen LogP contribution in [0.4, 0.5) is 17.2 Å². The Bertz CT molecular complexity index is 907. The predicted octanol–water partition coefficient (Wildman–Crippen LogP) is 3.93. The zero-order chi connectivity index (χ0) is 17.0. The summed E-state index contributed by atoms with van der Waals surface area (Å²) in [5.41, 5.74) is 2.51. The van der Waals surface area contributed by atoms with E-state index in [0.29, 0.717) is 11.5 Å². The molecule has 24 heavy (non-hydrogen) atoms. The molecular weight excluding hydrogens is 322 g/mol. The van der Waals surface area contributed by atoms with Crippen molar-refractivity contribution in [3.8, 4) is 0 Å². The summed E-state index contributed by atoms with van der Waals surface area (Å²) in [7, 11) is -3.60. The highest BCUT2D eigenvalue weighted by Crippen LogP contribution is 2.19. The maximum atomic E-state index is 12.3. The second-order valence-electron chi connectivity index (χ2n) is 5.34. The molecule has 5 nitrogen and oxygen atoms in total. The van der Waals surface area contributed by atoms with Crippen molar-refractivity contribution >= 4 is 27.2 Å². The summed E-state index contributed by atoms with van der Waals surface area (Å²) >= 11 is 0. The van der Waals surface area contributed by atoms with E-state index in [1.807, 2.05) is 31.2 Å². The SMILES string of the molecule is Cc1ccc(Nc2ccc(NS(=O)(=O)c3ccccc3)cn2)cc1. The molecule has 0 fully saturated rings. The van der Waals surface area contributed by atoms with Crippen LogP contribution in [0.1, 0.15) is 5.56 Å². The molecule has 0 saturated carbocycles. The summed E-state index contributed by atoms with van der Waals surface area (Å²) < 4.78 is 27.0. The zero-order valence-electron chi connectivity index (χ0n) is 13.1. The summed E-state index contributed by atoms with van der Waals surface area (Å²) in [6, 6.07) is 19.6. The molecule has 0 unspecified atom stereocenters. The van der Waals surface area contributed by atoms with Crippen molar-refractivity contribution in [2.75, 3.05) is 10.0 Å². The molecular formula is C18H17N3O2S. The fraction of sp³-hybridized carbons (Fsp3) is 0.0556. The van der Waals surface area contributed by atoms with Gasteiger partial charge in [-0.1, -0.05) is 35.9 Å². The summed E-state index contributed by atoms with van der Waals surface area (Å²) in [6.45, 7) is 2.02. The van der Waals surface area contributed by atoms with Gasteiger partial charge in [0.15, 0.2) is 0 Å². The van der Waals surface area contributed by atoms with Crippen molar-refractivity contribution in [3.05, 3.63) is 78.5 Å². The van der Waals surface area contributed by atoms with Crippen molar-refractivity contribution in [1.82, 2.24) is 4.98 Å². The number of aryl methyl sites for hydroxylation is 1. The first-order valence-electron chi connectivity index (χ1n) is 7.40. The highest BCUT2D eigenvalue weighted by molar-refractivity contribution is 7.92. The van der Waals surface area contributed by atoms with E-state index in [2.05, 4.69) is 15.0 Å². The Hall–Kier alpha value is -2.86. The molecule has 0 radical (unpaired) electrons. The largest absolute Gasteiger partial charge is 0.340 e. The van der Waals surface area contributed by atoms with E-state index in [0.717, 1.165) is 5.69 Å². The Balaban J connectivity index is 1.72. The summed E-state index contributed by atoms with van der Waals surface area (Å²) in [5.74, 6) is 0.640. The number of anilines is 3. The molecule has 0 spiro atoms. The number of benzene rings is 2. The standard InChI is InChI=1S/C18H17N3O2S/c1-14-7-9-15(10-8-14)20-18-12-11-16(13-19-18)21-24(22,23)17-5-3-2-4-6-17/h2-13,21H,1H3,(H,19,20). The fourth-order valence-corrected chi connectivity index (χ4v) is 3.19. The maximum Gasteiger partial charge on any atom is 0.261 e. The number of nitrogens with one attached hydrogen (secondary N) is 2. The number of aromatic nitrogens is 1. The lowest BCUT2D eigenvalue weighted by Crippen LogP contribution is -2.13. The van der Waals surface area contributed by atoms with Crippen LogP contribution in [0.25, 0.3) is 0 Å². The first-order chi connectivity index (χ1) is 11.5. The molecule has 0 saturated heterocycles. The number of nitrogens with zero attached hydrogens (tertiary/aromatic N) is 1. The third kappa shape index (κ3) is 3.91. The van der Waals surface area contributed by atoms with Crippen LogP contribution in [-0.2, 0) is 10.0 Å². The smallest absolute Gasteiger partial charge is 0.261 e. The van der Waals surface area contributed by atoms with Crippen LogP contribution in [0.3, 0.4) is 0 Å². The van der Waals surface area contributed by atoms with Crippen molar-refractivity contribution in [1.29, 1.82) is 0 Å². The number of hydrogen-bond acceptors (Lipinski definition) is 4. The van der Waals surface area contributed by atoms with Crippen molar-refractivity contribution < 1.29 is 8.42 Å². The lowest BCUT2D eigenvalue weighted by atomic mass is 10.2. The van der Waals surface area contributed by atoms with Crippen LogP contribution in [-0.4, -0.2) is 13.4 Å². The highest BCUT2D eigenvalue weighted by atomic mass is 32.2. The van der Waals surface area contributed by atoms with Crippen LogP contribution in [0.15, 0.2) is 77.8 Å². The third-order valence-electron chi connectivity index (χ3n) is 3.39. The summed E-state index contributed by atoms with van der Waals surface area (Å²) in [4.78, 5) is 4.45. The van der Waals surface area contributed by atoms with E-state index in [4.69, 9.17) is 0 Å². The van der Waals surface area contributed by atoms with E-state index >= 15 is 0 Å². The lowest BCUT2D eigenvalue weighted by molar-refractivity contribution is 0.601. The molecule has 2 N–H and O–H groups in total. The molecule has 1 heterocycles. The average molecular weight is 339 g/mol. The van der Waals surface area contributed by atoms with Gasteiger partial charge in [-0.2, -0.15) is 0 Å². The van der Waals surface area contributed by atoms with Crippen LogP contribution < -0.4 is 10.0 Å². The molecule has 0 atom stereocenters. The number of hydrogen-bond donors (Lipinski definition) is 2. The normalized spacial score (nSPS) is 11.0. The molecule has 0 aliphatic heterocycles. The second kappa shape index (κ2) is 6.72. The Labute approximate surface area is 141 Å². The molecule has 3 rings (SSSR count). The molecule has 1 aromatic heterocycles. The van der Waals surface area contributed by atoms with Crippen molar-refractivity contribution in [2.45, 2.75) is 11.8 Å². The topological polar surface area (TPSA) is 71.1 Å². The molecule has 0 bridgehead atoms. The molecule has 2 aromatic carbocycles.